The minimum absolute atomic E-state index is 0.107. The molecule has 0 radical (unpaired) electrons. The maximum atomic E-state index is 14.5. The van der Waals surface area contributed by atoms with Gasteiger partial charge in [-0.2, -0.15) is 5.10 Å². The summed E-state index contributed by atoms with van der Waals surface area (Å²) < 4.78 is 8.35. The SMILES string of the molecule is CCCCCCCCCn1cc(CN(C(=O)C2CCCc3c(OCc4ccccc4)cccc32)c2ccc(C(C)C)nc2)cn1. The van der Waals surface area contributed by atoms with Crippen LogP contribution in [0, 0.1) is 0 Å². The highest BCUT2D eigenvalue weighted by molar-refractivity contribution is 5.98. The van der Waals surface area contributed by atoms with Gasteiger partial charge >= 0.3 is 0 Å². The molecule has 0 saturated heterocycles. The van der Waals surface area contributed by atoms with E-state index in [9.17, 15) is 4.79 Å². The molecule has 0 saturated carbocycles. The highest BCUT2D eigenvalue weighted by atomic mass is 16.5. The number of pyridine rings is 1. The van der Waals surface area contributed by atoms with E-state index in [0.717, 1.165) is 71.6 Å². The van der Waals surface area contributed by atoms with Gasteiger partial charge in [-0.1, -0.05) is 102 Å². The second kappa shape index (κ2) is 16.4. The number of aryl methyl sites for hydroxylation is 1. The lowest BCUT2D eigenvalue weighted by molar-refractivity contribution is -0.120. The fourth-order valence-corrected chi connectivity index (χ4v) is 6.35. The van der Waals surface area contributed by atoms with Crippen LogP contribution >= 0.6 is 0 Å². The van der Waals surface area contributed by atoms with Gasteiger partial charge in [0.05, 0.1) is 30.5 Å². The summed E-state index contributed by atoms with van der Waals surface area (Å²) in [6.07, 6.45) is 17.5. The van der Waals surface area contributed by atoms with Crippen molar-refractivity contribution in [2.75, 3.05) is 4.90 Å². The van der Waals surface area contributed by atoms with Gasteiger partial charge in [-0.25, -0.2) is 0 Å². The number of anilines is 1. The molecule has 1 unspecified atom stereocenters. The Balaban J connectivity index is 1.32. The fourth-order valence-electron chi connectivity index (χ4n) is 6.35. The summed E-state index contributed by atoms with van der Waals surface area (Å²) in [6.45, 7) is 8.43. The Morgan fingerprint density at radius 3 is 2.49 bits per heavy atom. The van der Waals surface area contributed by atoms with Crippen molar-refractivity contribution in [3.8, 4) is 5.75 Å². The number of benzene rings is 2. The zero-order valence-corrected chi connectivity index (χ0v) is 27.5. The minimum atomic E-state index is -0.235. The highest BCUT2D eigenvalue weighted by Crippen LogP contribution is 2.39. The standard InChI is InChI=1S/C39H50N4O2/c1-4-5-6-7-8-9-13-24-42-27-32(25-41-42)28-43(33-22-23-37(30(2)3)40-26-33)39(44)36-20-14-19-35-34(36)18-15-21-38(35)45-29-31-16-11-10-12-17-31/h10-12,15-18,21-23,25-27,30,36H,4-9,13-14,19-20,24,28-29H2,1-3H3. The second-order valence-corrected chi connectivity index (χ2v) is 12.8. The Labute approximate surface area is 269 Å². The molecule has 0 N–H and O–H groups in total. The molecule has 1 amide bonds. The van der Waals surface area contributed by atoms with E-state index in [4.69, 9.17) is 9.72 Å². The Hall–Kier alpha value is -3.93. The van der Waals surface area contributed by atoms with Crippen molar-refractivity contribution < 1.29 is 9.53 Å². The third-order valence-electron chi connectivity index (χ3n) is 8.96. The Bertz CT molecular complexity index is 1480. The molecule has 2 aromatic carbocycles. The van der Waals surface area contributed by atoms with E-state index in [0.29, 0.717) is 19.1 Å². The van der Waals surface area contributed by atoms with E-state index in [2.05, 4.69) is 56.3 Å². The van der Waals surface area contributed by atoms with Crippen LogP contribution in [0.5, 0.6) is 5.75 Å². The molecule has 0 spiro atoms. The number of unbranched alkanes of at least 4 members (excludes halogenated alkanes) is 6. The molecule has 2 heterocycles. The molecule has 1 aliphatic carbocycles. The molecule has 5 rings (SSSR count). The van der Waals surface area contributed by atoms with Gasteiger partial charge in [0, 0.05) is 24.0 Å². The van der Waals surface area contributed by atoms with Crippen LogP contribution in [-0.4, -0.2) is 20.7 Å². The molecule has 0 bridgehead atoms. The van der Waals surface area contributed by atoms with Gasteiger partial charge in [0.1, 0.15) is 12.4 Å². The third kappa shape index (κ3) is 8.84. The van der Waals surface area contributed by atoms with Crippen molar-refractivity contribution in [1.29, 1.82) is 0 Å². The number of hydrogen-bond donors (Lipinski definition) is 0. The number of nitrogens with zero attached hydrogens (tertiary/aromatic N) is 4. The lowest BCUT2D eigenvalue weighted by Crippen LogP contribution is -2.36. The molecule has 45 heavy (non-hydrogen) atoms. The van der Waals surface area contributed by atoms with E-state index in [1.165, 1.54) is 38.5 Å². The van der Waals surface area contributed by atoms with Gasteiger partial charge in [-0.3, -0.25) is 14.5 Å². The topological polar surface area (TPSA) is 60.2 Å². The zero-order valence-electron chi connectivity index (χ0n) is 27.5. The van der Waals surface area contributed by atoms with Crippen molar-refractivity contribution in [1.82, 2.24) is 14.8 Å². The van der Waals surface area contributed by atoms with E-state index >= 15 is 0 Å². The number of ether oxygens (including phenoxy) is 1. The van der Waals surface area contributed by atoms with Crippen molar-refractivity contribution in [3.63, 3.8) is 0 Å². The number of fused-ring (bicyclic) bond motifs is 1. The van der Waals surface area contributed by atoms with Crippen molar-refractivity contribution >= 4 is 11.6 Å². The normalized spacial score (nSPS) is 14.4. The first-order valence-corrected chi connectivity index (χ1v) is 17.1. The molecule has 1 atom stereocenters. The van der Waals surface area contributed by atoms with Crippen LogP contribution in [0.4, 0.5) is 5.69 Å². The number of carbonyl (C=O) groups is 1. The molecule has 6 heteroatoms. The van der Waals surface area contributed by atoms with Gasteiger partial charge in [0.15, 0.2) is 0 Å². The molecular weight excluding hydrogens is 556 g/mol. The van der Waals surface area contributed by atoms with Gasteiger partial charge in [0.2, 0.25) is 5.91 Å². The first kappa shape index (κ1) is 32.5. The second-order valence-electron chi connectivity index (χ2n) is 12.8. The van der Waals surface area contributed by atoms with Gasteiger partial charge in [0.25, 0.3) is 0 Å². The maximum Gasteiger partial charge on any atom is 0.234 e. The minimum Gasteiger partial charge on any atom is -0.489 e. The zero-order chi connectivity index (χ0) is 31.4. The molecule has 2 aromatic heterocycles. The molecule has 6 nitrogen and oxygen atoms in total. The average Bonchev–Trinajstić information content (AvgIpc) is 3.53. The summed E-state index contributed by atoms with van der Waals surface area (Å²) in [6, 6.07) is 20.5. The maximum absolute atomic E-state index is 14.5. The summed E-state index contributed by atoms with van der Waals surface area (Å²) in [7, 11) is 0. The number of amides is 1. The van der Waals surface area contributed by atoms with Crippen LogP contribution in [0.3, 0.4) is 0 Å². The van der Waals surface area contributed by atoms with Crippen LogP contribution in [-0.2, 0) is 30.9 Å². The summed E-state index contributed by atoms with van der Waals surface area (Å²) in [5, 5.41) is 4.66. The number of hydrogen-bond acceptors (Lipinski definition) is 4. The smallest absolute Gasteiger partial charge is 0.234 e. The summed E-state index contributed by atoms with van der Waals surface area (Å²) in [5.41, 5.74) is 6.27. The van der Waals surface area contributed by atoms with Crippen LogP contribution in [0.1, 0.15) is 118 Å². The molecular formula is C39H50N4O2. The molecule has 0 fully saturated rings. The third-order valence-corrected chi connectivity index (χ3v) is 8.96. The highest BCUT2D eigenvalue weighted by Gasteiger charge is 2.32. The largest absolute Gasteiger partial charge is 0.489 e. The van der Waals surface area contributed by atoms with Gasteiger partial charge in [-0.15, -0.1) is 0 Å². The number of rotatable bonds is 16. The Morgan fingerprint density at radius 2 is 1.73 bits per heavy atom. The van der Waals surface area contributed by atoms with Crippen LogP contribution in [0.25, 0.3) is 0 Å². The first-order chi connectivity index (χ1) is 22.0. The fraction of sp³-hybridized carbons (Fsp3) is 0.462. The monoisotopic (exact) mass is 606 g/mol. The Kier molecular flexibility index (Phi) is 11.8. The predicted molar refractivity (Wildman–Crippen MR) is 183 cm³/mol. The van der Waals surface area contributed by atoms with Crippen molar-refractivity contribution in [2.45, 2.75) is 117 Å². The van der Waals surface area contributed by atoms with Crippen LogP contribution in [0.2, 0.25) is 0 Å². The predicted octanol–water partition coefficient (Wildman–Crippen LogP) is 9.38. The summed E-state index contributed by atoms with van der Waals surface area (Å²) >= 11 is 0. The number of aromatic nitrogens is 3. The average molecular weight is 607 g/mol. The molecule has 4 aromatic rings. The van der Waals surface area contributed by atoms with Crippen molar-refractivity contribution in [3.05, 3.63) is 107 Å². The van der Waals surface area contributed by atoms with E-state index in [-0.39, 0.29) is 11.8 Å². The van der Waals surface area contributed by atoms with Gasteiger partial charge < -0.3 is 9.64 Å². The molecule has 1 aliphatic rings. The van der Waals surface area contributed by atoms with Crippen LogP contribution < -0.4 is 9.64 Å². The number of carbonyl (C=O) groups excluding carboxylic acids is 1. The molecule has 0 aliphatic heterocycles. The first-order valence-electron chi connectivity index (χ1n) is 17.1. The molecule has 238 valence electrons. The van der Waals surface area contributed by atoms with E-state index in [1.807, 2.05) is 58.4 Å². The van der Waals surface area contributed by atoms with Crippen LogP contribution in [0.15, 0.2) is 79.3 Å². The van der Waals surface area contributed by atoms with Gasteiger partial charge in [-0.05, 0) is 66.5 Å². The summed E-state index contributed by atoms with van der Waals surface area (Å²) in [4.78, 5) is 21.2. The Morgan fingerprint density at radius 1 is 0.933 bits per heavy atom. The lowest BCUT2D eigenvalue weighted by Gasteiger charge is -2.31. The lowest BCUT2D eigenvalue weighted by atomic mass is 9.81. The quantitative estimate of drug-likeness (QED) is 0.119. The van der Waals surface area contributed by atoms with Crippen molar-refractivity contribution in [2.24, 2.45) is 0 Å². The summed E-state index contributed by atoms with van der Waals surface area (Å²) in [5.74, 6) is 1.08. The van der Waals surface area contributed by atoms with E-state index < -0.39 is 0 Å². The van der Waals surface area contributed by atoms with E-state index in [1.54, 1.807) is 0 Å².